The predicted molar refractivity (Wildman–Crippen MR) is 76.9 cm³/mol. The van der Waals surface area contributed by atoms with Gasteiger partial charge in [0.15, 0.2) is 12.0 Å². The molecule has 104 valence electrons. The summed E-state index contributed by atoms with van der Waals surface area (Å²) in [4.78, 5) is 20.7. The van der Waals surface area contributed by atoms with Gasteiger partial charge in [0, 0.05) is 12.1 Å². The fourth-order valence-electron chi connectivity index (χ4n) is 1.47. The SMILES string of the molecule is O=Cc1ccc(COc2c(Br)cc([N+](=O)[O-])cc2Br)o1. The van der Waals surface area contributed by atoms with Crippen LogP contribution < -0.4 is 4.74 Å². The Kier molecular flexibility index (Phi) is 4.56. The van der Waals surface area contributed by atoms with Gasteiger partial charge in [-0.15, -0.1) is 0 Å². The number of carbonyl (C=O) groups is 1. The first-order chi connectivity index (χ1) is 9.51. The first kappa shape index (κ1) is 14.7. The Balaban J connectivity index is 2.17. The summed E-state index contributed by atoms with van der Waals surface area (Å²) in [7, 11) is 0. The van der Waals surface area contributed by atoms with E-state index in [0.717, 1.165) is 0 Å². The number of nitro groups is 1. The lowest BCUT2D eigenvalue weighted by atomic mass is 10.3. The van der Waals surface area contributed by atoms with Crippen molar-refractivity contribution in [1.29, 1.82) is 0 Å². The molecule has 1 aromatic carbocycles. The average molecular weight is 405 g/mol. The number of hydrogen-bond acceptors (Lipinski definition) is 5. The maximum Gasteiger partial charge on any atom is 0.271 e. The third-order valence-electron chi connectivity index (χ3n) is 2.35. The lowest BCUT2D eigenvalue weighted by molar-refractivity contribution is -0.385. The van der Waals surface area contributed by atoms with Crippen molar-refractivity contribution in [3.05, 3.63) is 54.8 Å². The van der Waals surface area contributed by atoms with Crippen LogP contribution in [0.1, 0.15) is 16.3 Å². The van der Waals surface area contributed by atoms with Gasteiger partial charge in [-0.1, -0.05) is 0 Å². The first-order valence-electron chi connectivity index (χ1n) is 5.31. The van der Waals surface area contributed by atoms with Crippen LogP contribution in [-0.2, 0) is 6.61 Å². The van der Waals surface area contributed by atoms with Crippen molar-refractivity contribution in [2.24, 2.45) is 0 Å². The highest BCUT2D eigenvalue weighted by molar-refractivity contribution is 9.11. The number of nitro benzene ring substituents is 1. The zero-order valence-electron chi connectivity index (χ0n) is 9.84. The summed E-state index contributed by atoms with van der Waals surface area (Å²) in [6.45, 7) is 0.100. The summed E-state index contributed by atoms with van der Waals surface area (Å²) < 4.78 is 11.6. The highest BCUT2D eigenvalue weighted by Crippen LogP contribution is 2.37. The third kappa shape index (κ3) is 3.26. The minimum Gasteiger partial charge on any atom is -0.483 e. The molecule has 1 aromatic heterocycles. The molecule has 0 spiro atoms. The minimum atomic E-state index is -0.498. The van der Waals surface area contributed by atoms with Crippen molar-refractivity contribution in [2.75, 3.05) is 0 Å². The summed E-state index contributed by atoms with van der Waals surface area (Å²) in [5.74, 6) is 1.11. The van der Waals surface area contributed by atoms with E-state index < -0.39 is 4.92 Å². The van der Waals surface area contributed by atoms with Crippen molar-refractivity contribution in [2.45, 2.75) is 6.61 Å². The molecule has 0 aliphatic carbocycles. The molecular weight excluding hydrogens is 398 g/mol. The summed E-state index contributed by atoms with van der Waals surface area (Å²) in [6.07, 6.45) is 0.598. The van der Waals surface area contributed by atoms with E-state index in [1.807, 2.05) is 0 Å². The molecule has 2 aromatic rings. The van der Waals surface area contributed by atoms with E-state index in [9.17, 15) is 14.9 Å². The zero-order chi connectivity index (χ0) is 14.7. The molecule has 0 amide bonds. The quantitative estimate of drug-likeness (QED) is 0.425. The van der Waals surface area contributed by atoms with Crippen molar-refractivity contribution >= 4 is 43.8 Å². The maximum atomic E-state index is 10.7. The highest BCUT2D eigenvalue weighted by atomic mass is 79.9. The number of ether oxygens (including phenoxy) is 1. The number of hydrogen-bond donors (Lipinski definition) is 0. The Morgan fingerprint density at radius 3 is 2.45 bits per heavy atom. The molecule has 0 saturated heterocycles. The van der Waals surface area contributed by atoms with Crippen LogP contribution in [0, 0.1) is 10.1 Å². The summed E-state index contributed by atoms with van der Waals surface area (Å²) >= 11 is 6.42. The number of halogens is 2. The van der Waals surface area contributed by atoms with Gasteiger partial charge in [-0.05, 0) is 44.0 Å². The molecule has 8 heteroatoms. The molecule has 0 bridgehead atoms. The highest BCUT2D eigenvalue weighted by Gasteiger charge is 2.15. The standard InChI is InChI=1S/C12H7Br2NO5/c13-10-3-7(15(17)18)4-11(14)12(10)19-6-9-2-1-8(5-16)20-9/h1-5H,6H2. The van der Waals surface area contributed by atoms with E-state index >= 15 is 0 Å². The number of non-ortho nitro benzene ring substituents is 1. The topological polar surface area (TPSA) is 82.6 Å². The van der Waals surface area contributed by atoms with E-state index in [1.54, 1.807) is 6.07 Å². The maximum absolute atomic E-state index is 10.7. The number of furan rings is 1. The van der Waals surface area contributed by atoms with Gasteiger partial charge >= 0.3 is 0 Å². The van der Waals surface area contributed by atoms with Crippen LogP contribution in [-0.4, -0.2) is 11.2 Å². The molecule has 0 atom stereocenters. The molecule has 0 N–H and O–H groups in total. The Bertz CT molecular complexity index is 645. The second-order valence-electron chi connectivity index (χ2n) is 3.71. The van der Waals surface area contributed by atoms with Gasteiger partial charge in [0.25, 0.3) is 5.69 Å². The molecule has 0 saturated carbocycles. The van der Waals surface area contributed by atoms with E-state index in [2.05, 4.69) is 31.9 Å². The molecule has 0 radical (unpaired) electrons. The number of rotatable bonds is 5. The van der Waals surface area contributed by atoms with E-state index in [0.29, 0.717) is 26.7 Å². The second kappa shape index (κ2) is 6.19. The minimum absolute atomic E-state index is 0.0580. The Morgan fingerprint density at radius 1 is 1.30 bits per heavy atom. The normalized spacial score (nSPS) is 10.3. The van der Waals surface area contributed by atoms with Crippen LogP contribution in [0.4, 0.5) is 5.69 Å². The molecule has 0 aliphatic rings. The van der Waals surface area contributed by atoms with Crippen molar-refractivity contribution in [3.8, 4) is 5.75 Å². The number of aldehydes is 1. The first-order valence-corrected chi connectivity index (χ1v) is 6.90. The fraction of sp³-hybridized carbons (Fsp3) is 0.0833. The molecule has 0 fully saturated rings. The van der Waals surface area contributed by atoms with Crippen LogP contribution in [0.25, 0.3) is 0 Å². The van der Waals surface area contributed by atoms with E-state index in [4.69, 9.17) is 9.15 Å². The lowest BCUT2D eigenvalue weighted by Crippen LogP contribution is -1.97. The Labute approximate surface area is 130 Å². The van der Waals surface area contributed by atoms with Crippen molar-refractivity contribution in [3.63, 3.8) is 0 Å². The predicted octanol–water partition coefficient (Wildman–Crippen LogP) is 4.10. The zero-order valence-corrected chi connectivity index (χ0v) is 13.0. The molecule has 20 heavy (non-hydrogen) atoms. The lowest BCUT2D eigenvalue weighted by Gasteiger charge is -2.08. The molecule has 6 nitrogen and oxygen atoms in total. The number of nitrogens with zero attached hydrogens (tertiary/aromatic N) is 1. The number of benzene rings is 1. The van der Waals surface area contributed by atoms with Crippen LogP contribution in [0.3, 0.4) is 0 Å². The van der Waals surface area contributed by atoms with Gasteiger partial charge < -0.3 is 9.15 Å². The van der Waals surface area contributed by atoms with Crippen LogP contribution in [0.5, 0.6) is 5.75 Å². The summed E-state index contributed by atoms with van der Waals surface area (Å²) in [5.41, 5.74) is -0.0580. The summed E-state index contributed by atoms with van der Waals surface area (Å²) in [5, 5.41) is 10.7. The van der Waals surface area contributed by atoms with Crippen LogP contribution in [0.2, 0.25) is 0 Å². The Morgan fingerprint density at radius 2 is 1.95 bits per heavy atom. The van der Waals surface area contributed by atoms with Crippen LogP contribution in [0.15, 0.2) is 37.6 Å². The monoisotopic (exact) mass is 403 g/mol. The van der Waals surface area contributed by atoms with Gasteiger partial charge in [0.05, 0.1) is 13.9 Å². The van der Waals surface area contributed by atoms with Gasteiger partial charge in [-0.25, -0.2) is 0 Å². The molecule has 2 rings (SSSR count). The van der Waals surface area contributed by atoms with Crippen molar-refractivity contribution in [1.82, 2.24) is 0 Å². The smallest absolute Gasteiger partial charge is 0.271 e. The molecule has 0 aliphatic heterocycles. The van der Waals surface area contributed by atoms with Gasteiger partial charge in [0.2, 0.25) is 0 Å². The van der Waals surface area contributed by atoms with Crippen molar-refractivity contribution < 1.29 is 18.9 Å². The largest absolute Gasteiger partial charge is 0.483 e. The molecule has 1 heterocycles. The van der Waals surface area contributed by atoms with E-state index in [1.165, 1.54) is 18.2 Å². The van der Waals surface area contributed by atoms with Gasteiger partial charge in [-0.3, -0.25) is 14.9 Å². The number of carbonyl (C=O) groups excluding carboxylic acids is 1. The van der Waals surface area contributed by atoms with Gasteiger partial charge in [0.1, 0.15) is 18.1 Å². The molecule has 0 unspecified atom stereocenters. The summed E-state index contributed by atoms with van der Waals surface area (Å²) in [6, 6.07) is 5.85. The fourth-order valence-corrected chi connectivity index (χ4v) is 2.86. The Hall–Kier alpha value is -1.67. The average Bonchev–Trinajstić information content (AvgIpc) is 2.85. The van der Waals surface area contributed by atoms with Crippen LogP contribution >= 0.6 is 31.9 Å². The second-order valence-corrected chi connectivity index (χ2v) is 5.41. The third-order valence-corrected chi connectivity index (χ3v) is 3.53. The van der Waals surface area contributed by atoms with Gasteiger partial charge in [-0.2, -0.15) is 0 Å². The molecular formula is C12H7Br2NO5. The van der Waals surface area contributed by atoms with E-state index in [-0.39, 0.29) is 18.1 Å².